The summed E-state index contributed by atoms with van der Waals surface area (Å²) in [7, 11) is 1.75. The van der Waals surface area contributed by atoms with Gasteiger partial charge in [0.2, 0.25) is 0 Å². The second-order valence-electron chi connectivity index (χ2n) is 6.06. The molecule has 3 aromatic rings. The normalized spacial score (nSPS) is 11.7. The highest BCUT2D eigenvalue weighted by molar-refractivity contribution is 5.81. The molecule has 0 atom stereocenters. The molecule has 0 bridgehead atoms. The third-order valence-electron chi connectivity index (χ3n) is 4.25. The first-order valence-corrected chi connectivity index (χ1v) is 8.42. The third kappa shape index (κ3) is 4.38. The number of fused-ring (bicyclic) bond motifs is 1. The Balaban J connectivity index is 1.51. The standard InChI is InChI=1S/C20H23FN4/c1-14-11-17(21)8-7-15(14)9-10-23-20(22-2)24-13-18-12-16-5-3-4-6-19(16)25-18/h3-8,11-12,25H,9-10,13H2,1-2H3,(H2,22,23,24). The maximum absolute atomic E-state index is 13.1. The molecule has 0 radical (unpaired) electrons. The lowest BCUT2D eigenvalue weighted by atomic mass is 10.1. The van der Waals surface area contributed by atoms with Crippen LogP contribution in [0.4, 0.5) is 4.39 Å². The zero-order chi connectivity index (χ0) is 17.6. The summed E-state index contributed by atoms with van der Waals surface area (Å²) in [6.07, 6.45) is 0.819. The first kappa shape index (κ1) is 17.0. The van der Waals surface area contributed by atoms with Crippen molar-refractivity contribution in [3.8, 4) is 0 Å². The van der Waals surface area contributed by atoms with Gasteiger partial charge in [-0.05, 0) is 54.1 Å². The summed E-state index contributed by atoms with van der Waals surface area (Å²) in [6.45, 7) is 3.34. The number of aryl methyl sites for hydroxylation is 1. The predicted octanol–water partition coefficient (Wildman–Crippen LogP) is 3.52. The van der Waals surface area contributed by atoms with Gasteiger partial charge < -0.3 is 15.6 Å². The molecule has 5 heteroatoms. The molecule has 4 nitrogen and oxygen atoms in total. The summed E-state index contributed by atoms with van der Waals surface area (Å²) in [5.74, 6) is 0.559. The molecule has 0 unspecified atom stereocenters. The molecule has 0 aliphatic rings. The number of rotatable bonds is 5. The Bertz CT molecular complexity index is 849. The number of aliphatic imine (C=N–C) groups is 1. The van der Waals surface area contributed by atoms with Crippen molar-refractivity contribution in [2.24, 2.45) is 4.99 Å². The topological polar surface area (TPSA) is 52.2 Å². The Morgan fingerprint density at radius 1 is 1.12 bits per heavy atom. The summed E-state index contributed by atoms with van der Waals surface area (Å²) in [5, 5.41) is 7.80. The molecule has 0 saturated heterocycles. The summed E-state index contributed by atoms with van der Waals surface area (Å²) < 4.78 is 13.1. The van der Waals surface area contributed by atoms with Crippen LogP contribution in [0.5, 0.6) is 0 Å². The molecule has 0 aliphatic heterocycles. The van der Waals surface area contributed by atoms with E-state index in [1.165, 1.54) is 11.5 Å². The average molecular weight is 338 g/mol. The van der Waals surface area contributed by atoms with E-state index in [2.05, 4.69) is 38.8 Å². The minimum Gasteiger partial charge on any atom is -0.357 e. The molecule has 0 amide bonds. The molecule has 0 saturated carbocycles. The number of guanidine groups is 1. The van der Waals surface area contributed by atoms with Crippen LogP contribution in [-0.4, -0.2) is 24.5 Å². The van der Waals surface area contributed by atoms with E-state index in [9.17, 15) is 4.39 Å². The number of aromatic nitrogens is 1. The van der Waals surface area contributed by atoms with Crippen molar-refractivity contribution in [3.63, 3.8) is 0 Å². The molecular formula is C20H23FN4. The molecule has 0 aliphatic carbocycles. The molecular weight excluding hydrogens is 315 g/mol. The van der Waals surface area contributed by atoms with Gasteiger partial charge in [-0.3, -0.25) is 4.99 Å². The second kappa shape index (κ2) is 7.83. The Morgan fingerprint density at radius 2 is 1.96 bits per heavy atom. The smallest absolute Gasteiger partial charge is 0.191 e. The average Bonchev–Trinajstić information content (AvgIpc) is 3.02. The first-order valence-electron chi connectivity index (χ1n) is 8.42. The van der Waals surface area contributed by atoms with E-state index in [1.807, 2.05) is 25.1 Å². The summed E-state index contributed by atoms with van der Waals surface area (Å²) in [4.78, 5) is 7.63. The van der Waals surface area contributed by atoms with Crippen molar-refractivity contribution < 1.29 is 4.39 Å². The van der Waals surface area contributed by atoms with E-state index in [-0.39, 0.29) is 5.82 Å². The van der Waals surface area contributed by atoms with Gasteiger partial charge in [0.05, 0.1) is 6.54 Å². The Morgan fingerprint density at radius 3 is 2.72 bits per heavy atom. The van der Waals surface area contributed by atoms with Crippen LogP contribution in [0.2, 0.25) is 0 Å². The highest BCUT2D eigenvalue weighted by atomic mass is 19.1. The highest BCUT2D eigenvalue weighted by Crippen LogP contribution is 2.14. The maximum Gasteiger partial charge on any atom is 0.191 e. The number of halogens is 1. The van der Waals surface area contributed by atoms with E-state index in [4.69, 9.17) is 0 Å². The number of nitrogens with one attached hydrogen (secondary N) is 3. The van der Waals surface area contributed by atoms with Crippen LogP contribution in [0.3, 0.4) is 0 Å². The number of para-hydroxylation sites is 1. The molecule has 0 spiro atoms. The maximum atomic E-state index is 13.1. The van der Waals surface area contributed by atoms with Gasteiger partial charge in [-0.25, -0.2) is 4.39 Å². The lowest BCUT2D eigenvalue weighted by molar-refractivity contribution is 0.625. The number of H-pyrrole nitrogens is 1. The van der Waals surface area contributed by atoms with Crippen molar-refractivity contribution in [1.29, 1.82) is 0 Å². The molecule has 25 heavy (non-hydrogen) atoms. The van der Waals surface area contributed by atoms with Crippen LogP contribution in [0, 0.1) is 12.7 Å². The van der Waals surface area contributed by atoms with Crippen LogP contribution in [-0.2, 0) is 13.0 Å². The molecule has 1 aromatic heterocycles. The number of hydrogen-bond acceptors (Lipinski definition) is 1. The summed E-state index contributed by atoms with van der Waals surface area (Å²) in [6, 6.07) is 15.3. The van der Waals surface area contributed by atoms with Crippen molar-refractivity contribution >= 4 is 16.9 Å². The fourth-order valence-corrected chi connectivity index (χ4v) is 2.88. The minimum atomic E-state index is -0.190. The Kier molecular flexibility index (Phi) is 5.33. The zero-order valence-corrected chi connectivity index (χ0v) is 14.6. The van der Waals surface area contributed by atoms with Crippen molar-refractivity contribution in [3.05, 3.63) is 71.2 Å². The van der Waals surface area contributed by atoms with Gasteiger partial charge in [-0.2, -0.15) is 0 Å². The molecule has 2 aromatic carbocycles. The Labute approximate surface area is 147 Å². The van der Waals surface area contributed by atoms with E-state index < -0.39 is 0 Å². The van der Waals surface area contributed by atoms with Crippen LogP contribution < -0.4 is 10.6 Å². The Hall–Kier alpha value is -2.82. The zero-order valence-electron chi connectivity index (χ0n) is 14.6. The number of nitrogens with zero attached hydrogens (tertiary/aromatic N) is 1. The van der Waals surface area contributed by atoms with Crippen LogP contribution in [0.1, 0.15) is 16.8 Å². The number of benzene rings is 2. The second-order valence-corrected chi connectivity index (χ2v) is 6.06. The van der Waals surface area contributed by atoms with Gasteiger partial charge in [0.1, 0.15) is 5.82 Å². The van der Waals surface area contributed by atoms with Gasteiger partial charge in [0, 0.05) is 24.8 Å². The molecule has 1 heterocycles. The highest BCUT2D eigenvalue weighted by Gasteiger charge is 2.03. The van der Waals surface area contributed by atoms with Crippen molar-refractivity contribution in [1.82, 2.24) is 15.6 Å². The van der Waals surface area contributed by atoms with Gasteiger partial charge in [0.15, 0.2) is 5.96 Å². The van der Waals surface area contributed by atoms with Crippen LogP contribution in [0.15, 0.2) is 53.5 Å². The quantitative estimate of drug-likeness (QED) is 0.492. The fraction of sp³-hybridized carbons (Fsp3) is 0.250. The fourth-order valence-electron chi connectivity index (χ4n) is 2.88. The van der Waals surface area contributed by atoms with Gasteiger partial charge >= 0.3 is 0 Å². The van der Waals surface area contributed by atoms with Gasteiger partial charge in [-0.15, -0.1) is 0 Å². The summed E-state index contributed by atoms with van der Waals surface area (Å²) >= 11 is 0. The first-order chi connectivity index (χ1) is 12.2. The summed E-state index contributed by atoms with van der Waals surface area (Å²) in [5.41, 5.74) is 4.36. The van der Waals surface area contributed by atoms with E-state index in [0.29, 0.717) is 6.54 Å². The molecule has 3 N–H and O–H groups in total. The predicted molar refractivity (Wildman–Crippen MR) is 101 cm³/mol. The number of aromatic amines is 1. The van der Waals surface area contributed by atoms with Crippen LogP contribution in [0.25, 0.3) is 10.9 Å². The van der Waals surface area contributed by atoms with E-state index >= 15 is 0 Å². The lowest BCUT2D eigenvalue weighted by Crippen LogP contribution is -2.38. The minimum absolute atomic E-state index is 0.190. The van der Waals surface area contributed by atoms with E-state index in [0.717, 1.165) is 41.3 Å². The van der Waals surface area contributed by atoms with Gasteiger partial charge in [-0.1, -0.05) is 24.3 Å². The van der Waals surface area contributed by atoms with Crippen molar-refractivity contribution in [2.75, 3.05) is 13.6 Å². The lowest BCUT2D eigenvalue weighted by Gasteiger charge is -2.12. The largest absolute Gasteiger partial charge is 0.357 e. The van der Waals surface area contributed by atoms with Crippen molar-refractivity contribution in [2.45, 2.75) is 19.9 Å². The monoisotopic (exact) mass is 338 g/mol. The van der Waals surface area contributed by atoms with Crippen LogP contribution >= 0.6 is 0 Å². The number of hydrogen-bond donors (Lipinski definition) is 3. The third-order valence-corrected chi connectivity index (χ3v) is 4.25. The molecule has 0 fully saturated rings. The van der Waals surface area contributed by atoms with E-state index in [1.54, 1.807) is 13.1 Å². The SMILES string of the molecule is CN=C(NCCc1ccc(F)cc1C)NCc1cc2ccccc2[nH]1. The molecule has 3 rings (SSSR count). The molecule has 130 valence electrons. The van der Waals surface area contributed by atoms with Gasteiger partial charge in [0.25, 0.3) is 0 Å².